The lowest BCUT2D eigenvalue weighted by molar-refractivity contribution is 0.0943. The summed E-state index contributed by atoms with van der Waals surface area (Å²) in [5.74, 6) is 0.712. The molecule has 1 aliphatic rings. The molecule has 1 amide bonds. The third kappa shape index (κ3) is 3.58. The van der Waals surface area contributed by atoms with Crippen LogP contribution >= 0.6 is 0 Å². The lowest BCUT2D eigenvalue weighted by Crippen LogP contribution is -2.27. The van der Waals surface area contributed by atoms with Crippen molar-refractivity contribution in [2.24, 2.45) is 0 Å². The van der Waals surface area contributed by atoms with E-state index in [1.165, 1.54) is 5.56 Å². The van der Waals surface area contributed by atoms with Gasteiger partial charge in [0, 0.05) is 11.6 Å². The molecule has 4 rings (SSSR count). The molecule has 1 fully saturated rings. The maximum absolute atomic E-state index is 12.8. The van der Waals surface area contributed by atoms with E-state index in [4.69, 9.17) is 9.84 Å². The first kappa shape index (κ1) is 17.3. The van der Waals surface area contributed by atoms with Crippen LogP contribution in [0.5, 0.6) is 5.75 Å². The Bertz CT molecular complexity index is 985. The number of carbonyl (C=O) groups is 1. The maximum Gasteiger partial charge on any atom is 0.270 e. The minimum Gasteiger partial charge on any atom is -0.497 e. The molecule has 0 spiro atoms. The fourth-order valence-electron chi connectivity index (χ4n) is 3.16. The highest BCUT2D eigenvalue weighted by Gasteiger charge is 2.26. The van der Waals surface area contributed by atoms with Crippen LogP contribution in [0.2, 0.25) is 0 Å². The van der Waals surface area contributed by atoms with Gasteiger partial charge in [-0.2, -0.15) is 5.10 Å². The Balaban J connectivity index is 1.79. The van der Waals surface area contributed by atoms with Crippen LogP contribution in [0.15, 0.2) is 48.5 Å². The summed E-state index contributed by atoms with van der Waals surface area (Å²) < 4.78 is 6.99. The van der Waals surface area contributed by atoms with Crippen molar-refractivity contribution in [1.82, 2.24) is 15.1 Å². The lowest BCUT2D eigenvalue weighted by atomic mass is 10.1. The number of ether oxygens (including phenoxy) is 1. The Hall–Kier alpha value is -3.08. The van der Waals surface area contributed by atoms with Gasteiger partial charge in [-0.1, -0.05) is 17.7 Å². The topological polar surface area (TPSA) is 56.1 Å². The van der Waals surface area contributed by atoms with Gasteiger partial charge in [0.2, 0.25) is 0 Å². The molecular weight excluding hydrogens is 338 g/mol. The largest absolute Gasteiger partial charge is 0.497 e. The third-order valence-electron chi connectivity index (χ3n) is 4.82. The van der Waals surface area contributed by atoms with Crippen molar-refractivity contribution in [1.29, 1.82) is 0 Å². The zero-order chi connectivity index (χ0) is 19.0. The molecule has 1 heterocycles. The van der Waals surface area contributed by atoms with E-state index >= 15 is 0 Å². The molecule has 27 heavy (non-hydrogen) atoms. The van der Waals surface area contributed by atoms with Crippen molar-refractivity contribution < 1.29 is 9.53 Å². The van der Waals surface area contributed by atoms with E-state index in [0.29, 0.717) is 11.7 Å². The fraction of sp³-hybridized carbons (Fsp3) is 0.273. The number of hydrogen-bond acceptors (Lipinski definition) is 3. The monoisotopic (exact) mass is 361 g/mol. The highest BCUT2D eigenvalue weighted by atomic mass is 16.5. The lowest BCUT2D eigenvalue weighted by Gasteiger charge is -2.11. The molecule has 3 aromatic rings. The number of methoxy groups -OCH3 is 1. The normalized spacial score (nSPS) is 13.4. The van der Waals surface area contributed by atoms with Crippen molar-refractivity contribution in [2.45, 2.75) is 32.7 Å². The molecule has 0 unspecified atom stereocenters. The molecule has 0 aliphatic heterocycles. The molecular formula is C22H23N3O2. The molecule has 0 atom stereocenters. The Morgan fingerprint density at radius 1 is 1.11 bits per heavy atom. The molecule has 1 aliphatic carbocycles. The van der Waals surface area contributed by atoms with Gasteiger partial charge < -0.3 is 10.1 Å². The number of amides is 1. The fourth-order valence-corrected chi connectivity index (χ4v) is 3.16. The van der Waals surface area contributed by atoms with Gasteiger partial charge in [0.05, 0.1) is 18.5 Å². The van der Waals surface area contributed by atoms with Crippen molar-refractivity contribution in [2.75, 3.05) is 7.11 Å². The van der Waals surface area contributed by atoms with Gasteiger partial charge in [-0.15, -0.1) is 0 Å². The first-order valence-electron chi connectivity index (χ1n) is 9.18. The number of aromatic nitrogens is 2. The van der Waals surface area contributed by atoms with E-state index in [0.717, 1.165) is 41.1 Å². The summed E-state index contributed by atoms with van der Waals surface area (Å²) in [5, 5.41) is 7.83. The summed E-state index contributed by atoms with van der Waals surface area (Å²) >= 11 is 0. The Kier molecular flexibility index (Phi) is 4.44. The van der Waals surface area contributed by atoms with Gasteiger partial charge >= 0.3 is 0 Å². The predicted octanol–water partition coefficient (Wildman–Crippen LogP) is 4.06. The minimum absolute atomic E-state index is 0.0789. The van der Waals surface area contributed by atoms with Gasteiger partial charge in [-0.25, -0.2) is 4.68 Å². The first-order valence-corrected chi connectivity index (χ1v) is 9.18. The van der Waals surface area contributed by atoms with Crippen LogP contribution < -0.4 is 10.1 Å². The second-order valence-corrected chi connectivity index (χ2v) is 7.09. The zero-order valence-electron chi connectivity index (χ0n) is 15.8. The summed E-state index contributed by atoms with van der Waals surface area (Å²) in [6, 6.07) is 16.0. The van der Waals surface area contributed by atoms with Crippen LogP contribution in [-0.2, 0) is 0 Å². The quantitative estimate of drug-likeness (QED) is 0.746. The highest BCUT2D eigenvalue weighted by molar-refractivity contribution is 5.94. The average molecular weight is 361 g/mol. The molecule has 5 nitrogen and oxygen atoms in total. The van der Waals surface area contributed by atoms with Gasteiger partial charge in [0.15, 0.2) is 0 Å². The number of carbonyl (C=O) groups excluding carboxylic acids is 1. The number of hydrogen-bond donors (Lipinski definition) is 1. The minimum atomic E-state index is -0.0789. The van der Waals surface area contributed by atoms with Crippen molar-refractivity contribution in [3.63, 3.8) is 0 Å². The molecule has 1 N–H and O–H groups in total. The highest BCUT2D eigenvalue weighted by Crippen LogP contribution is 2.26. The number of benzene rings is 2. The van der Waals surface area contributed by atoms with E-state index in [1.807, 2.05) is 49.4 Å². The summed E-state index contributed by atoms with van der Waals surface area (Å²) in [6.45, 7) is 4.10. The predicted molar refractivity (Wildman–Crippen MR) is 106 cm³/mol. The van der Waals surface area contributed by atoms with Crippen molar-refractivity contribution in [3.8, 4) is 22.7 Å². The molecule has 1 saturated carbocycles. The zero-order valence-corrected chi connectivity index (χ0v) is 15.8. The van der Waals surface area contributed by atoms with Crippen LogP contribution in [0.1, 0.15) is 34.5 Å². The maximum atomic E-state index is 12.8. The summed E-state index contributed by atoms with van der Waals surface area (Å²) in [6.07, 6.45) is 2.10. The van der Waals surface area contributed by atoms with Gasteiger partial charge in [0.1, 0.15) is 11.4 Å². The summed E-state index contributed by atoms with van der Waals surface area (Å²) in [5.41, 5.74) is 5.45. The van der Waals surface area contributed by atoms with E-state index in [2.05, 4.69) is 18.3 Å². The van der Waals surface area contributed by atoms with Gasteiger partial charge in [0.25, 0.3) is 5.91 Å². The molecule has 138 valence electrons. The van der Waals surface area contributed by atoms with Crippen LogP contribution in [0.3, 0.4) is 0 Å². The van der Waals surface area contributed by atoms with Crippen molar-refractivity contribution >= 4 is 5.91 Å². The molecule has 2 aromatic carbocycles. The van der Waals surface area contributed by atoms with E-state index < -0.39 is 0 Å². The number of aryl methyl sites for hydroxylation is 2. The van der Waals surface area contributed by atoms with Crippen LogP contribution in [-0.4, -0.2) is 28.8 Å². The molecule has 0 radical (unpaired) electrons. The molecule has 0 saturated heterocycles. The molecule has 0 bridgehead atoms. The number of nitrogens with zero attached hydrogens (tertiary/aromatic N) is 2. The average Bonchev–Trinajstić information content (AvgIpc) is 3.37. The Morgan fingerprint density at radius 3 is 2.48 bits per heavy atom. The van der Waals surface area contributed by atoms with Crippen LogP contribution in [0, 0.1) is 13.8 Å². The standard InChI is InChI=1S/C22H23N3O2/c1-14-4-11-20(15(2)12-14)25-21(22(26)23-17-7-8-17)13-19(24-25)16-5-9-18(27-3)10-6-16/h4-6,9-13,17H,7-8H2,1-3H3,(H,23,26). The first-order chi connectivity index (χ1) is 13.0. The second kappa shape index (κ2) is 6.91. The molecule has 1 aromatic heterocycles. The van der Waals surface area contributed by atoms with E-state index in [1.54, 1.807) is 11.8 Å². The summed E-state index contributed by atoms with van der Waals surface area (Å²) in [7, 11) is 1.64. The van der Waals surface area contributed by atoms with E-state index in [9.17, 15) is 4.79 Å². The molecule has 5 heteroatoms. The Morgan fingerprint density at radius 2 is 1.85 bits per heavy atom. The van der Waals surface area contributed by atoms with Crippen molar-refractivity contribution in [3.05, 3.63) is 65.4 Å². The smallest absolute Gasteiger partial charge is 0.270 e. The number of rotatable bonds is 5. The third-order valence-corrected chi connectivity index (χ3v) is 4.82. The number of nitrogens with one attached hydrogen (secondary N) is 1. The van der Waals surface area contributed by atoms with Gasteiger partial charge in [-0.3, -0.25) is 4.79 Å². The van der Waals surface area contributed by atoms with E-state index in [-0.39, 0.29) is 5.91 Å². The second-order valence-electron chi connectivity index (χ2n) is 7.09. The SMILES string of the molecule is COc1ccc(-c2cc(C(=O)NC3CC3)n(-c3ccc(C)cc3C)n2)cc1. The van der Waals surface area contributed by atoms with Crippen LogP contribution in [0.25, 0.3) is 16.9 Å². The van der Waals surface area contributed by atoms with Gasteiger partial charge in [-0.05, 0) is 68.7 Å². The Labute approximate surface area is 159 Å². The summed E-state index contributed by atoms with van der Waals surface area (Å²) in [4.78, 5) is 12.8. The van der Waals surface area contributed by atoms with Crippen LogP contribution in [0.4, 0.5) is 0 Å².